The van der Waals surface area contributed by atoms with E-state index in [9.17, 15) is 14.7 Å². The van der Waals surface area contributed by atoms with Crippen molar-refractivity contribution >= 4 is 33.9 Å². The van der Waals surface area contributed by atoms with E-state index < -0.39 is 17.7 Å². The van der Waals surface area contributed by atoms with Crippen LogP contribution in [0.4, 0.5) is 5.69 Å². The molecule has 0 bridgehead atoms. The lowest BCUT2D eigenvalue weighted by molar-refractivity contribution is -0.132. The van der Waals surface area contributed by atoms with Gasteiger partial charge in [0.05, 0.1) is 30.2 Å². The normalized spacial score (nSPS) is 17.6. The average molecular weight is 439 g/mol. The van der Waals surface area contributed by atoms with E-state index in [2.05, 4.69) is 0 Å². The molecule has 1 atom stereocenters. The van der Waals surface area contributed by atoms with Gasteiger partial charge in [-0.25, -0.2) is 0 Å². The van der Waals surface area contributed by atoms with Crippen LogP contribution in [-0.4, -0.2) is 23.9 Å². The zero-order chi connectivity index (χ0) is 23.1. The van der Waals surface area contributed by atoms with Gasteiger partial charge in [-0.2, -0.15) is 0 Å². The number of methoxy groups -OCH3 is 1. The summed E-state index contributed by atoms with van der Waals surface area (Å²) in [6.07, 6.45) is 1.48. The fraction of sp³-hybridized carbons (Fsp3) is 0.111. The first-order valence-corrected chi connectivity index (χ1v) is 10.5. The molecule has 164 valence electrons. The highest BCUT2D eigenvalue weighted by molar-refractivity contribution is 6.52. The number of aryl methyl sites for hydroxylation is 1. The SMILES string of the molecule is COc1ccc(C)cc1/C(O)=C1/C(=O)C(=O)N(c2cccc3ccccc23)C1c1ccco1. The number of aliphatic hydroxyl groups is 1. The third kappa shape index (κ3) is 3.27. The zero-order valence-electron chi connectivity index (χ0n) is 18.1. The van der Waals surface area contributed by atoms with Gasteiger partial charge < -0.3 is 14.3 Å². The number of aliphatic hydroxyl groups excluding tert-OH is 1. The molecule has 1 amide bonds. The molecule has 1 saturated heterocycles. The Morgan fingerprint density at radius 3 is 2.55 bits per heavy atom. The Bertz CT molecular complexity index is 1410. The molecule has 1 N–H and O–H groups in total. The minimum absolute atomic E-state index is 0.0493. The number of rotatable bonds is 4. The van der Waals surface area contributed by atoms with Crippen LogP contribution in [0, 0.1) is 6.92 Å². The standard InChI is InChI=1S/C27H21NO5/c1-16-12-13-21(32-2)19(15-16)25(29)23-24(22-11-6-14-33-22)28(27(31)26(23)30)20-10-5-8-17-7-3-4-9-18(17)20/h3-15,24,29H,1-2H3/b25-23-. The molecule has 0 radical (unpaired) electrons. The molecular weight excluding hydrogens is 418 g/mol. The topological polar surface area (TPSA) is 80.0 Å². The van der Waals surface area contributed by atoms with Crippen molar-refractivity contribution < 1.29 is 23.8 Å². The Morgan fingerprint density at radius 1 is 1.00 bits per heavy atom. The van der Waals surface area contributed by atoms with Crippen LogP contribution in [0.25, 0.3) is 16.5 Å². The summed E-state index contributed by atoms with van der Waals surface area (Å²) < 4.78 is 11.1. The number of nitrogens with zero attached hydrogens (tertiary/aromatic N) is 1. The number of furan rings is 1. The van der Waals surface area contributed by atoms with Crippen molar-refractivity contribution in [1.82, 2.24) is 0 Å². The number of amides is 1. The highest BCUT2D eigenvalue weighted by Crippen LogP contribution is 2.45. The number of ether oxygens (including phenoxy) is 1. The number of carbonyl (C=O) groups excluding carboxylic acids is 2. The van der Waals surface area contributed by atoms with Crippen LogP contribution in [0.3, 0.4) is 0 Å². The molecule has 3 aromatic carbocycles. The van der Waals surface area contributed by atoms with Crippen molar-refractivity contribution in [3.05, 3.63) is 102 Å². The fourth-order valence-electron chi connectivity index (χ4n) is 4.37. The number of hydrogen-bond donors (Lipinski definition) is 1. The highest BCUT2D eigenvalue weighted by Gasteiger charge is 2.48. The molecule has 2 heterocycles. The minimum Gasteiger partial charge on any atom is -0.507 e. The fourth-order valence-corrected chi connectivity index (χ4v) is 4.37. The molecule has 1 unspecified atom stereocenters. The van der Waals surface area contributed by atoms with E-state index in [-0.39, 0.29) is 11.3 Å². The van der Waals surface area contributed by atoms with Gasteiger partial charge in [-0.05, 0) is 42.6 Å². The maximum atomic E-state index is 13.4. The Hall–Kier alpha value is -4.32. The van der Waals surface area contributed by atoms with Crippen molar-refractivity contribution in [2.45, 2.75) is 13.0 Å². The molecular formula is C27H21NO5. The molecule has 1 aliphatic rings. The average Bonchev–Trinajstić information content (AvgIpc) is 3.45. The number of carbonyl (C=O) groups is 2. The van der Waals surface area contributed by atoms with Gasteiger partial charge in [0.2, 0.25) is 0 Å². The molecule has 0 spiro atoms. The summed E-state index contributed by atoms with van der Waals surface area (Å²) in [5, 5.41) is 13.1. The molecule has 1 aromatic heterocycles. The van der Waals surface area contributed by atoms with Crippen molar-refractivity contribution in [1.29, 1.82) is 0 Å². The maximum Gasteiger partial charge on any atom is 0.300 e. The highest BCUT2D eigenvalue weighted by atomic mass is 16.5. The van der Waals surface area contributed by atoms with Crippen LogP contribution >= 0.6 is 0 Å². The van der Waals surface area contributed by atoms with Gasteiger partial charge >= 0.3 is 0 Å². The Morgan fingerprint density at radius 2 is 1.79 bits per heavy atom. The van der Waals surface area contributed by atoms with E-state index in [1.54, 1.807) is 30.3 Å². The summed E-state index contributed by atoms with van der Waals surface area (Å²) in [6.45, 7) is 1.87. The van der Waals surface area contributed by atoms with Crippen LogP contribution in [0.5, 0.6) is 5.75 Å². The van der Waals surface area contributed by atoms with Gasteiger partial charge in [-0.3, -0.25) is 14.5 Å². The molecule has 1 aliphatic heterocycles. The summed E-state index contributed by atoms with van der Waals surface area (Å²) in [7, 11) is 1.49. The van der Waals surface area contributed by atoms with Gasteiger partial charge in [-0.1, -0.05) is 48.0 Å². The Labute approximate surface area is 190 Å². The zero-order valence-corrected chi connectivity index (χ0v) is 18.1. The van der Waals surface area contributed by atoms with Crippen LogP contribution in [0.15, 0.2) is 89.0 Å². The third-order valence-electron chi connectivity index (χ3n) is 5.89. The van der Waals surface area contributed by atoms with Gasteiger partial charge in [0, 0.05) is 5.39 Å². The quantitative estimate of drug-likeness (QED) is 0.262. The number of Topliss-reactive ketones (excluding diaryl/α,β-unsaturated/α-hetero) is 1. The van der Waals surface area contributed by atoms with E-state index in [4.69, 9.17) is 9.15 Å². The molecule has 0 aliphatic carbocycles. The first-order valence-electron chi connectivity index (χ1n) is 10.5. The Balaban J connectivity index is 1.79. The van der Waals surface area contributed by atoms with Gasteiger partial charge in [-0.15, -0.1) is 0 Å². The first kappa shape index (κ1) is 20.6. The lowest BCUT2D eigenvalue weighted by Crippen LogP contribution is -2.29. The second-order valence-corrected chi connectivity index (χ2v) is 7.89. The second-order valence-electron chi connectivity index (χ2n) is 7.89. The van der Waals surface area contributed by atoms with Crippen LogP contribution in [-0.2, 0) is 9.59 Å². The van der Waals surface area contributed by atoms with Crippen molar-refractivity contribution in [3.63, 3.8) is 0 Å². The van der Waals surface area contributed by atoms with Crippen molar-refractivity contribution in [2.24, 2.45) is 0 Å². The maximum absolute atomic E-state index is 13.4. The van der Waals surface area contributed by atoms with Crippen LogP contribution in [0.1, 0.15) is 22.9 Å². The van der Waals surface area contributed by atoms with Crippen molar-refractivity contribution in [2.75, 3.05) is 12.0 Å². The largest absolute Gasteiger partial charge is 0.507 e. The number of anilines is 1. The Kier molecular flexibility index (Phi) is 4.98. The molecule has 6 heteroatoms. The monoisotopic (exact) mass is 439 g/mol. The van der Waals surface area contributed by atoms with E-state index in [1.165, 1.54) is 18.3 Å². The van der Waals surface area contributed by atoms with E-state index in [0.29, 0.717) is 22.8 Å². The summed E-state index contributed by atoms with van der Waals surface area (Å²) in [5.41, 5.74) is 1.72. The van der Waals surface area contributed by atoms with Gasteiger partial charge in [0.15, 0.2) is 0 Å². The lowest BCUT2D eigenvalue weighted by atomic mass is 9.97. The molecule has 1 fully saturated rings. The number of benzene rings is 3. The first-order chi connectivity index (χ1) is 16.0. The predicted octanol–water partition coefficient (Wildman–Crippen LogP) is 5.38. The summed E-state index contributed by atoms with van der Waals surface area (Å²) in [5.74, 6) is -1.06. The number of ketones is 1. The van der Waals surface area contributed by atoms with Gasteiger partial charge in [0.25, 0.3) is 11.7 Å². The van der Waals surface area contributed by atoms with Crippen LogP contribution in [0.2, 0.25) is 0 Å². The second kappa shape index (κ2) is 7.98. The van der Waals surface area contributed by atoms with Gasteiger partial charge in [0.1, 0.15) is 23.3 Å². The number of fused-ring (bicyclic) bond motifs is 1. The molecule has 5 rings (SSSR count). The molecule has 0 saturated carbocycles. The third-order valence-corrected chi connectivity index (χ3v) is 5.89. The smallest absolute Gasteiger partial charge is 0.300 e. The lowest BCUT2D eigenvalue weighted by Gasteiger charge is -2.25. The summed E-state index contributed by atoms with van der Waals surface area (Å²) >= 11 is 0. The van der Waals surface area contributed by atoms with Crippen molar-refractivity contribution in [3.8, 4) is 5.75 Å². The summed E-state index contributed by atoms with van der Waals surface area (Å²) in [6, 6.07) is 20.9. The van der Waals surface area contributed by atoms with Crippen LogP contribution < -0.4 is 9.64 Å². The molecule has 4 aromatic rings. The molecule has 6 nitrogen and oxygen atoms in total. The van der Waals surface area contributed by atoms with E-state index in [1.807, 2.05) is 49.4 Å². The van der Waals surface area contributed by atoms with E-state index in [0.717, 1.165) is 16.3 Å². The van der Waals surface area contributed by atoms with E-state index >= 15 is 0 Å². The number of hydrogen-bond acceptors (Lipinski definition) is 5. The minimum atomic E-state index is -0.934. The summed E-state index contributed by atoms with van der Waals surface area (Å²) in [4.78, 5) is 28.1. The predicted molar refractivity (Wildman–Crippen MR) is 125 cm³/mol. The molecule has 33 heavy (non-hydrogen) atoms.